The largest absolute Gasteiger partial charge is 0.496 e. The van der Waals surface area contributed by atoms with E-state index in [4.69, 9.17) is 4.74 Å². The van der Waals surface area contributed by atoms with Crippen LogP contribution < -0.4 is 10.1 Å². The molecule has 1 aromatic carbocycles. The van der Waals surface area contributed by atoms with Gasteiger partial charge in [-0.15, -0.1) is 11.8 Å². The molecule has 0 unspecified atom stereocenters. The molecule has 0 aliphatic carbocycles. The smallest absolute Gasteiger partial charge is 0.296 e. The van der Waals surface area contributed by atoms with Crippen LogP contribution in [0.25, 0.3) is 0 Å². The minimum Gasteiger partial charge on any atom is -0.496 e. The summed E-state index contributed by atoms with van der Waals surface area (Å²) in [6.07, 6.45) is 0.652. The van der Waals surface area contributed by atoms with Gasteiger partial charge in [0.1, 0.15) is 11.4 Å². The Labute approximate surface area is 99.9 Å². The van der Waals surface area contributed by atoms with Crippen LogP contribution >= 0.6 is 0 Å². The molecule has 0 radical (unpaired) electrons. The number of hydrogen-bond acceptors (Lipinski definition) is 4. The Morgan fingerprint density at radius 3 is 2.88 bits per heavy atom. The minimum absolute atomic E-state index is 0.00816. The van der Waals surface area contributed by atoms with Gasteiger partial charge < -0.3 is 10.1 Å². The summed E-state index contributed by atoms with van der Waals surface area (Å²) in [5, 5.41) is 13.8. The number of ether oxygens (including phenoxy) is 1. The van der Waals surface area contributed by atoms with Crippen LogP contribution in [-0.4, -0.2) is 18.6 Å². The van der Waals surface area contributed by atoms with Crippen LogP contribution in [0.15, 0.2) is 18.2 Å². The number of hydrogen-bond donors (Lipinski definition) is 1. The first-order valence-corrected chi connectivity index (χ1v) is 5.15. The lowest BCUT2D eigenvalue weighted by atomic mass is 10.2. The molecule has 1 N–H and O–H groups in total. The van der Waals surface area contributed by atoms with Gasteiger partial charge in [-0.2, -0.15) is 0 Å². The van der Waals surface area contributed by atoms with Crippen molar-refractivity contribution in [2.75, 3.05) is 19.0 Å². The van der Waals surface area contributed by atoms with Crippen molar-refractivity contribution in [3.05, 3.63) is 28.3 Å². The van der Waals surface area contributed by atoms with Crippen LogP contribution in [0, 0.1) is 22.0 Å². The predicted molar refractivity (Wildman–Crippen MR) is 66.2 cm³/mol. The summed E-state index contributed by atoms with van der Waals surface area (Å²) in [6.45, 7) is 2.34. The lowest BCUT2D eigenvalue weighted by molar-refractivity contribution is -0.384. The molecule has 0 aromatic heterocycles. The molecule has 1 rings (SSSR count). The topological polar surface area (TPSA) is 64.4 Å². The average molecular weight is 234 g/mol. The third-order valence-corrected chi connectivity index (χ3v) is 2.14. The molecule has 0 spiro atoms. The van der Waals surface area contributed by atoms with E-state index in [1.807, 2.05) is 0 Å². The third kappa shape index (κ3) is 3.68. The molecule has 0 heterocycles. The van der Waals surface area contributed by atoms with E-state index >= 15 is 0 Å². The van der Waals surface area contributed by atoms with Crippen LogP contribution in [0.2, 0.25) is 0 Å². The van der Waals surface area contributed by atoms with Gasteiger partial charge in [-0.05, 0) is 19.1 Å². The van der Waals surface area contributed by atoms with Gasteiger partial charge in [0.05, 0.1) is 18.1 Å². The lowest BCUT2D eigenvalue weighted by Gasteiger charge is -2.06. The molecular formula is C12H14N2O3. The van der Waals surface area contributed by atoms with E-state index in [2.05, 4.69) is 17.2 Å². The molecular weight excluding hydrogens is 220 g/mol. The maximum atomic E-state index is 10.9. The highest BCUT2D eigenvalue weighted by Gasteiger charge is 2.14. The summed E-state index contributed by atoms with van der Waals surface area (Å²) in [6, 6.07) is 4.71. The highest BCUT2D eigenvalue weighted by molar-refractivity contribution is 5.63. The molecule has 0 aliphatic heterocycles. The van der Waals surface area contributed by atoms with E-state index in [1.54, 1.807) is 19.1 Å². The maximum Gasteiger partial charge on any atom is 0.296 e. The molecule has 0 saturated carbocycles. The first-order chi connectivity index (χ1) is 8.19. The van der Waals surface area contributed by atoms with Gasteiger partial charge in [0, 0.05) is 13.0 Å². The van der Waals surface area contributed by atoms with Gasteiger partial charge in [0.25, 0.3) is 5.69 Å². The molecule has 5 nitrogen and oxygen atoms in total. The summed E-state index contributed by atoms with van der Waals surface area (Å²) in [4.78, 5) is 10.4. The zero-order valence-electron chi connectivity index (χ0n) is 9.82. The van der Waals surface area contributed by atoms with Crippen molar-refractivity contribution in [1.82, 2.24) is 0 Å². The van der Waals surface area contributed by atoms with E-state index in [9.17, 15) is 10.1 Å². The molecule has 90 valence electrons. The minimum atomic E-state index is -0.434. The van der Waals surface area contributed by atoms with E-state index in [0.717, 1.165) is 0 Å². The summed E-state index contributed by atoms with van der Waals surface area (Å²) in [5.41, 5.74) is 0.488. The van der Waals surface area contributed by atoms with E-state index < -0.39 is 4.92 Å². The molecule has 0 bridgehead atoms. The van der Waals surface area contributed by atoms with Gasteiger partial charge in [-0.1, -0.05) is 0 Å². The Kier molecular flexibility index (Phi) is 4.82. The van der Waals surface area contributed by atoms with Crippen molar-refractivity contribution in [3.8, 4) is 17.6 Å². The number of nitrogens with one attached hydrogen (secondary N) is 1. The molecule has 5 heteroatoms. The SMILES string of the molecule is CC#CCCNc1ccc(OC)cc1[N+](=O)[O-]. The van der Waals surface area contributed by atoms with Crippen molar-refractivity contribution >= 4 is 11.4 Å². The second-order valence-electron chi connectivity index (χ2n) is 3.24. The number of rotatable bonds is 5. The van der Waals surface area contributed by atoms with Gasteiger partial charge in [-0.25, -0.2) is 0 Å². The monoisotopic (exact) mass is 234 g/mol. The Balaban J connectivity index is 2.82. The number of nitro groups is 1. The van der Waals surface area contributed by atoms with Crippen molar-refractivity contribution < 1.29 is 9.66 Å². The highest BCUT2D eigenvalue weighted by Crippen LogP contribution is 2.28. The summed E-state index contributed by atoms with van der Waals surface area (Å²) in [5.74, 6) is 6.12. The number of methoxy groups -OCH3 is 1. The molecule has 0 amide bonds. The normalized spacial score (nSPS) is 9.06. The summed E-state index contributed by atoms with van der Waals surface area (Å²) >= 11 is 0. The lowest BCUT2D eigenvalue weighted by Crippen LogP contribution is -2.03. The van der Waals surface area contributed by atoms with E-state index in [-0.39, 0.29) is 5.69 Å². The van der Waals surface area contributed by atoms with Gasteiger partial charge in [0.15, 0.2) is 0 Å². The number of benzene rings is 1. The van der Waals surface area contributed by atoms with Gasteiger partial charge in [0.2, 0.25) is 0 Å². The Morgan fingerprint density at radius 2 is 2.29 bits per heavy atom. The Bertz CT molecular complexity index is 461. The highest BCUT2D eigenvalue weighted by atomic mass is 16.6. The van der Waals surface area contributed by atoms with Crippen LogP contribution in [-0.2, 0) is 0 Å². The van der Waals surface area contributed by atoms with Gasteiger partial charge in [-0.3, -0.25) is 10.1 Å². The second kappa shape index (κ2) is 6.38. The standard InChI is InChI=1S/C12H14N2O3/c1-3-4-5-8-13-11-7-6-10(17-2)9-12(11)14(15)16/h6-7,9,13H,5,8H2,1-2H3. The Morgan fingerprint density at radius 1 is 1.53 bits per heavy atom. The first-order valence-electron chi connectivity index (χ1n) is 5.15. The fourth-order valence-corrected chi connectivity index (χ4v) is 1.32. The number of anilines is 1. The van der Waals surface area contributed by atoms with Crippen molar-refractivity contribution in [2.24, 2.45) is 0 Å². The van der Waals surface area contributed by atoms with Crippen molar-refractivity contribution in [3.63, 3.8) is 0 Å². The van der Waals surface area contributed by atoms with E-state index in [1.165, 1.54) is 13.2 Å². The zero-order chi connectivity index (χ0) is 12.7. The number of nitrogens with zero attached hydrogens (tertiary/aromatic N) is 1. The first kappa shape index (κ1) is 12.8. The maximum absolute atomic E-state index is 10.9. The molecule has 0 aliphatic rings. The van der Waals surface area contributed by atoms with Gasteiger partial charge >= 0.3 is 0 Å². The fraction of sp³-hybridized carbons (Fsp3) is 0.333. The van der Waals surface area contributed by atoms with E-state index in [0.29, 0.717) is 24.4 Å². The molecule has 17 heavy (non-hydrogen) atoms. The molecule has 1 aromatic rings. The van der Waals surface area contributed by atoms with Crippen LogP contribution in [0.4, 0.5) is 11.4 Å². The third-order valence-electron chi connectivity index (χ3n) is 2.14. The second-order valence-corrected chi connectivity index (χ2v) is 3.24. The van der Waals surface area contributed by atoms with Crippen LogP contribution in [0.1, 0.15) is 13.3 Å². The molecule has 0 saturated heterocycles. The quantitative estimate of drug-likeness (QED) is 0.368. The Hall–Kier alpha value is -2.22. The number of nitro benzene ring substituents is 1. The average Bonchev–Trinajstić information content (AvgIpc) is 2.34. The summed E-state index contributed by atoms with van der Waals surface area (Å²) in [7, 11) is 1.48. The predicted octanol–water partition coefficient (Wildman–Crippen LogP) is 2.43. The zero-order valence-corrected chi connectivity index (χ0v) is 9.82. The molecule has 0 atom stereocenters. The van der Waals surface area contributed by atoms with Crippen LogP contribution in [0.3, 0.4) is 0 Å². The molecule has 0 fully saturated rings. The summed E-state index contributed by atoms with van der Waals surface area (Å²) < 4.78 is 4.95. The van der Waals surface area contributed by atoms with Crippen molar-refractivity contribution in [2.45, 2.75) is 13.3 Å². The van der Waals surface area contributed by atoms with Crippen molar-refractivity contribution in [1.29, 1.82) is 0 Å². The fourth-order valence-electron chi connectivity index (χ4n) is 1.32. The van der Waals surface area contributed by atoms with Crippen LogP contribution in [0.5, 0.6) is 5.75 Å².